The molecule has 1 aromatic heterocycles. The second-order valence-electron chi connectivity index (χ2n) is 6.05. The standard InChI is InChI=1S/C16H21N3O2S/c1-10-7-11(2)17-16-15(10)19(14(21)9-22-16)8-13(20)18-12-5-3-4-6-12/h7,12H,3-6,8-9H2,1-2H3,(H,18,20). The summed E-state index contributed by atoms with van der Waals surface area (Å²) in [6, 6.07) is 2.23. The van der Waals surface area contributed by atoms with Gasteiger partial charge in [-0.15, -0.1) is 0 Å². The first-order valence-corrected chi connectivity index (χ1v) is 8.74. The van der Waals surface area contributed by atoms with Crippen molar-refractivity contribution >= 4 is 29.3 Å². The van der Waals surface area contributed by atoms with Gasteiger partial charge < -0.3 is 5.32 Å². The minimum atomic E-state index is -0.0712. The predicted molar refractivity (Wildman–Crippen MR) is 87.2 cm³/mol. The second kappa shape index (κ2) is 6.28. The van der Waals surface area contributed by atoms with Gasteiger partial charge in [0, 0.05) is 11.7 Å². The highest BCUT2D eigenvalue weighted by Crippen LogP contribution is 2.36. The summed E-state index contributed by atoms with van der Waals surface area (Å²) in [5.74, 6) is 0.255. The number of hydrogen-bond donors (Lipinski definition) is 1. The lowest BCUT2D eigenvalue weighted by atomic mass is 10.2. The van der Waals surface area contributed by atoms with Crippen molar-refractivity contribution in [2.45, 2.75) is 50.6 Å². The number of anilines is 1. The fraction of sp³-hybridized carbons (Fsp3) is 0.562. The fourth-order valence-corrected chi connectivity index (χ4v) is 4.24. The first-order chi connectivity index (χ1) is 10.5. The minimum absolute atomic E-state index is 0.0205. The number of hydrogen-bond acceptors (Lipinski definition) is 4. The van der Waals surface area contributed by atoms with E-state index in [1.807, 2.05) is 19.9 Å². The molecule has 118 valence electrons. The van der Waals surface area contributed by atoms with Crippen molar-refractivity contribution in [1.29, 1.82) is 0 Å². The molecule has 0 unspecified atom stereocenters. The average molecular weight is 319 g/mol. The zero-order valence-corrected chi connectivity index (χ0v) is 13.8. The maximum absolute atomic E-state index is 12.3. The zero-order chi connectivity index (χ0) is 15.7. The van der Waals surface area contributed by atoms with Gasteiger partial charge in [0.05, 0.1) is 11.4 Å². The number of fused-ring (bicyclic) bond motifs is 1. The van der Waals surface area contributed by atoms with Gasteiger partial charge in [0.2, 0.25) is 11.8 Å². The van der Waals surface area contributed by atoms with E-state index in [9.17, 15) is 9.59 Å². The van der Waals surface area contributed by atoms with Gasteiger partial charge in [-0.05, 0) is 38.3 Å². The number of pyridine rings is 1. The minimum Gasteiger partial charge on any atom is -0.352 e. The number of aromatic nitrogens is 1. The van der Waals surface area contributed by atoms with Crippen LogP contribution in [0.3, 0.4) is 0 Å². The van der Waals surface area contributed by atoms with E-state index >= 15 is 0 Å². The van der Waals surface area contributed by atoms with E-state index in [2.05, 4.69) is 10.3 Å². The van der Waals surface area contributed by atoms with E-state index in [0.29, 0.717) is 5.75 Å². The lowest BCUT2D eigenvalue weighted by Crippen LogP contribution is -2.46. The number of aryl methyl sites for hydroxylation is 2. The maximum Gasteiger partial charge on any atom is 0.240 e. The lowest BCUT2D eigenvalue weighted by molar-refractivity contribution is -0.123. The van der Waals surface area contributed by atoms with E-state index < -0.39 is 0 Å². The smallest absolute Gasteiger partial charge is 0.240 e. The summed E-state index contributed by atoms with van der Waals surface area (Å²) in [5, 5.41) is 3.90. The molecule has 0 saturated heterocycles. The third-order valence-corrected chi connectivity index (χ3v) is 5.15. The van der Waals surface area contributed by atoms with E-state index in [4.69, 9.17) is 0 Å². The molecule has 1 saturated carbocycles. The highest BCUT2D eigenvalue weighted by atomic mass is 32.2. The molecule has 1 N–H and O–H groups in total. The number of thioether (sulfide) groups is 1. The Morgan fingerprint density at radius 3 is 2.86 bits per heavy atom. The number of amides is 2. The Morgan fingerprint density at radius 1 is 1.41 bits per heavy atom. The fourth-order valence-electron chi connectivity index (χ4n) is 3.21. The largest absolute Gasteiger partial charge is 0.352 e. The van der Waals surface area contributed by atoms with Gasteiger partial charge >= 0.3 is 0 Å². The summed E-state index contributed by atoms with van der Waals surface area (Å²) in [7, 11) is 0. The Bertz CT molecular complexity index is 612. The van der Waals surface area contributed by atoms with Crippen LogP contribution in [0.5, 0.6) is 0 Å². The van der Waals surface area contributed by atoms with Crippen LogP contribution < -0.4 is 10.2 Å². The van der Waals surface area contributed by atoms with Crippen molar-refractivity contribution in [2.75, 3.05) is 17.2 Å². The molecule has 2 aliphatic rings. The van der Waals surface area contributed by atoms with Gasteiger partial charge in [-0.2, -0.15) is 0 Å². The van der Waals surface area contributed by atoms with Crippen LogP contribution in [-0.4, -0.2) is 35.1 Å². The molecule has 1 fully saturated rings. The molecule has 0 aromatic carbocycles. The monoisotopic (exact) mass is 319 g/mol. The second-order valence-corrected chi connectivity index (χ2v) is 7.02. The van der Waals surface area contributed by atoms with Gasteiger partial charge in [-0.25, -0.2) is 4.98 Å². The van der Waals surface area contributed by atoms with Gasteiger partial charge in [-0.3, -0.25) is 14.5 Å². The van der Waals surface area contributed by atoms with Crippen molar-refractivity contribution in [3.8, 4) is 0 Å². The SMILES string of the molecule is Cc1cc(C)c2c(n1)SCC(=O)N2CC(=O)NC1CCCC1. The Balaban J connectivity index is 1.78. The van der Waals surface area contributed by atoms with Crippen molar-refractivity contribution in [1.82, 2.24) is 10.3 Å². The lowest BCUT2D eigenvalue weighted by Gasteiger charge is -2.30. The molecule has 2 heterocycles. The Hall–Kier alpha value is -1.56. The van der Waals surface area contributed by atoms with Crippen molar-refractivity contribution in [2.24, 2.45) is 0 Å². The molecule has 0 radical (unpaired) electrons. The number of rotatable bonds is 3. The summed E-state index contributed by atoms with van der Waals surface area (Å²) in [5.41, 5.74) is 2.73. The Labute approximate surface area is 134 Å². The average Bonchev–Trinajstić information content (AvgIpc) is 2.94. The van der Waals surface area contributed by atoms with Gasteiger partial charge in [-0.1, -0.05) is 24.6 Å². The summed E-state index contributed by atoms with van der Waals surface area (Å²) in [4.78, 5) is 30.6. The molecule has 5 nitrogen and oxygen atoms in total. The third-order valence-electron chi connectivity index (χ3n) is 4.20. The summed E-state index contributed by atoms with van der Waals surface area (Å²) >= 11 is 1.45. The molecule has 1 aliphatic heterocycles. The summed E-state index contributed by atoms with van der Waals surface area (Å²) in [6.45, 7) is 4.00. The van der Waals surface area contributed by atoms with Crippen LogP contribution in [0.4, 0.5) is 5.69 Å². The zero-order valence-electron chi connectivity index (χ0n) is 13.0. The third kappa shape index (κ3) is 3.11. The normalized spacial score (nSPS) is 18.5. The summed E-state index contributed by atoms with van der Waals surface area (Å²) < 4.78 is 0. The molecular formula is C16H21N3O2S. The van der Waals surface area contributed by atoms with E-state index in [1.165, 1.54) is 24.6 Å². The molecule has 1 aromatic rings. The topological polar surface area (TPSA) is 62.3 Å². The molecule has 2 amide bonds. The quantitative estimate of drug-likeness (QED) is 0.928. The number of nitrogens with one attached hydrogen (secondary N) is 1. The number of carbonyl (C=O) groups excluding carboxylic acids is 2. The highest BCUT2D eigenvalue weighted by molar-refractivity contribution is 8.00. The van der Waals surface area contributed by atoms with Gasteiger partial charge in [0.25, 0.3) is 0 Å². The van der Waals surface area contributed by atoms with Crippen LogP contribution in [0.15, 0.2) is 11.1 Å². The summed E-state index contributed by atoms with van der Waals surface area (Å²) in [6.07, 6.45) is 4.45. The van der Waals surface area contributed by atoms with Crippen LogP contribution in [-0.2, 0) is 9.59 Å². The van der Waals surface area contributed by atoms with Crippen LogP contribution in [0.1, 0.15) is 36.9 Å². The van der Waals surface area contributed by atoms with Crippen LogP contribution >= 0.6 is 11.8 Å². The van der Waals surface area contributed by atoms with E-state index in [0.717, 1.165) is 34.8 Å². The maximum atomic E-state index is 12.3. The first kappa shape index (κ1) is 15.3. The molecule has 6 heteroatoms. The molecule has 0 atom stereocenters. The molecule has 0 spiro atoms. The van der Waals surface area contributed by atoms with Crippen LogP contribution in [0.2, 0.25) is 0 Å². The highest BCUT2D eigenvalue weighted by Gasteiger charge is 2.30. The van der Waals surface area contributed by atoms with E-state index in [1.54, 1.807) is 4.90 Å². The van der Waals surface area contributed by atoms with Crippen LogP contribution in [0, 0.1) is 13.8 Å². The Kier molecular flexibility index (Phi) is 4.38. The van der Waals surface area contributed by atoms with Crippen LogP contribution in [0.25, 0.3) is 0 Å². The number of nitrogens with zero attached hydrogens (tertiary/aromatic N) is 2. The van der Waals surface area contributed by atoms with E-state index in [-0.39, 0.29) is 24.4 Å². The van der Waals surface area contributed by atoms with Crippen molar-refractivity contribution < 1.29 is 9.59 Å². The molecule has 0 bridgehead atoms. The molecule has 22 heavy (non-hydrogen) atoms. The first-order valence-electron chi connectivity index (χ1n) is 7.75. The van der Waals surface area contributed by atoms with Crippen molar-refractivity contribution in [3.63, 3.8) is 0 Å². The van der Waals surface area contributed by atoms with Crippen molar-refractivity contribution in [3.05, 3.63) is 17.3 Å². The molecule has 3 rings (SSSR count). The van der Waals surface area contributed by atoms with Gasteiger partial charge in [0.1, 0.15) is 11.6 Å². The number of carbonyl (C=O) groups is 2. The molecular weight excluding hydrogens is 298 g/mol. The Morgan fingerprint density at radius 2 is 2.14 bits per heavy atom. The van der Waals surface area contributed by atoms with Gasteiger partial charge in [0.15, 0.2) is 0 Å². The predicted octanol–water partition coefficient (Wildman–Crippen LogP) is 2.20. The molecule has 1 aliphatic carbocycles.